The van der Waals surface area contributed by atoms with Crippen molar-refractivity contribution < 1.29 is 14.3 Å². The molecule has 0 radical (unpaired) electrons. The Morgan fingerprint density at radius 3 is 2.60 bits per heavy atom. The molecule has 0 bridgehead atoms. The van der Waals surface area contributed by atoms with Crippen LogP contribution in [0.5, 0.6) is 11.5 Å². The predicted octanol–water partition coefficient (Wildman–Crippen LogP) is 2.88. The Morgan fingerprint density at radius 2 is 1.96 bits per heavy atom. The van der Waals surface area contributed by atoms with Crippen molar-refractivity contribution in [2.24, 2.45) is 0 Å². The summed E-state index contributed by atoms with van der Waals surface area (Å²) in [5.74, 6) is 2.19. The SMILES string of the molecule is COc1ccc(CC(=O)Nc2ccc(N3CCCC3)nc2)c(OC)c1. The van der Waals surface area contributed by atoms with Gasteiger partial charge in [0.05, 0.1) is 32.5 Å². The number of ether oxygens (including phenoxy) is 2. The topological polar surface area (TPSA) is 63.7 Å². The van der Waals surface area contributed by atoms with Crippen molar-refractivity contribution in [3.8, 4) is 11.5 Å². The average molecular weight is 341 g/mol. The van der Waals surface area contributed by atoms with Crippen LogP contribution in [0.3, 0.4) is 0 Å². The van der Waals surface area contributed by atoms with Crippen molar-refractivity contribution >= 4 is 17.4 Å². The summed E-state index contributed by atoms with van der Waals surface area (Å²) in [6, 6.07) is 9.28. The van der Waals surface area contributed by atoms with Gasteiger partial charge in [-0.25, -0.2) is 4.98 Å². The summed E-state index contributed by atoms with van der Waals surface area (Å²) in [7, 11) is 3.18. The van der Waals surface area contributed by atoms with Crippen molar-refractivity contribution in [3.05, 3.63) is 42.1 Å². The zero-order valence-electron chi connectivity index (χ0n) is 14.6. The summed E-state index contributed by atoms with van der Waals surface area (Å²) in [4.78, 5) is 19.0. The molecule has 2 heterocycles. The van der Waals surface area contributed by atoms with E-state index in [-0.39, 0.29) is 12.3 Å². The lowest BCUT2D eigenvalue weighted by atomic mass is 10.1. The van der Waals surface area contributed by atoms with Crippen LogP contribution >= 0.6 is 0 Å². The average Bonchev–Trinajstić information content (AvgIpc) is 3.17. The van der Waals surface area contributed by atoms with Gasteiger partial charge in [0.15, 0.2) is 0 Å². The number of rotatable bonds is 6. The molecule has 0 aliphatic carbocycles. The highest BCUT2D eigenvalue weighted by atomic mass is 16.5. The van der Waals surface area contributed by atoms with E-state index in [1.165, 1.54) is 12.8 Å². The summed E-state index contributed by atoms with van der Waals surface area (Å²) >= 11 is 0. The Bertz CT molecular complexity index is 725. The van der Waals surface area contributed by atoms with E-state index in [1.807, 2.05) is 24.3 Å². The molecule has 6 nitrogen and oxygen atoms in total. The number of pyridine rings is 1. The number of nitrogens with one attached hydrogen (secondary N) is 1. The molecule has 0 spiro atoms. The minimum Gasteiger partial charge on any atom is -0.497 e. The number of carbonyl (C=O) groups is 1. The number of hydrogen-bond donors (Lipinski definition) is 1. The molecule has 3 rings (SSSR count). The maximum absolute atomic E-state index is 12.3. The Morgan fingerprint density at radius 1 is 1.16 bits per heavy atom. The molecule has 1 aliphatic rings. The van der Waals surface area contributed by atoms with Gasteiger partial charge in [0.1, 0.15) is 17.3 Å². The maximum Gasteiger partial charge on any atom is 0.228 e. The largest absolute Gasteiger partial charge is 0.497 e. The first-order chi connectivity index (χ1) is 12.2. The molecule has 1 amide bonds. The second kappa shape index (κ2) is 7.88. The van der Waals surface area contributed by atoms with E-state index in [2.05, 4.69) is 15.2 Å². The second-order valence-electron chi connectivity index (χ2n) is 6.00. The Balaban J connectivity index is 1.62. The quantitative estimate of drug-likeness (QED) is 0.875. The number of anilines is 2. The molecule has 1 aromatic carbocycles. The van der Waals surface area contributed by atoms with Crippen molar-refractivity contribution in [2.75, 3.05) is 37.5 Å². The molecule has 132 valence electrons. The van der Waals surface area contributed by atoms with Crippen LogP contribution in [0, 0.1) is 0 Å². The number of nitrogens with zero attached hydrogens (tertiary/aromatic N) is 2. The molecule has 0 unspecified atom stereocenters. The summed E-state index contributed by atoms with van der Waals surface area (Å²) in [5.41, 5.74) is 1.50. The van der Waals surface area contributed by atoms with Crippen LogP contribution in [-0.4, -0.2) is 38.2 Å². The van der Waals surface area contributed by atoms with Crippen LogP contribution < -0.4 is 19.7 Å². The number of hydrogen-bond acceptors (Lipinski definition) is 5. The molecule has 1 aromatic heterocycles. The Hall–Kier alpha value is -2.76. The Labute approximate surface area is 147 Å². The van der Waals surface area contributed by atoms with Gasteiger partial charge < -0.3 is 19.7 Å². The maximum atomic E-state index is 12.3. The molecule has 6 heteroatoms. The van der Waals surface area contributed by atoms with E-state index in [0.29, 0.717) is 17.2 Å². The van der Waals surface area contributed by atoms with E-state index in [0.717, 1.165) is 24.5 Å². The van der Waals surface area contributed by atoms with Gasteiger partial charge in [0.25, 0.3) is 0 Å². The minimum absolute atomic E-state index is 0.112. The number of aromatic nitrogens is 1. The van der Waals surface area contributed by atoms with E-state index < -0.39 is 0 Å². The number of benzene rings is 1. The number of carbonyl (C=O) groups excluding carboxylic acids is 1. The lowest BCUT2D eigenvalue weighted by molar-refractivity contribution is -0.115. The molecule has 25 heavy (non-hydrogen) atoms. The zero-order chi connectivity index (χ0) is 17.6. The lowest BCUT2D eigenvalue weighted by Gasteiger charge is -2.16. The van der Waals surface area contributed by atoms with Gasteiger partial charge in [-0.05, 0) is 31.0 Å². The van der Waals surface area contributed by atoms with Gasteiger partial charge in [0, 0.05) is 24.7 Å². The summed E-state index contributed by atoms with van der Waals surface area (Å²) in [5, 5.41) is 2.88. The first-order valence-electron chi connectivity index (χ1n) is 8.41. The third-order valence-corrected chi connectivity index (χ3v) is 4.31. The van der Waals surface area contributed by atoms with Gasteiger partial charge in [-0.3, -0.25) is 4.79 Å². The summed E-state index contributed by atoms with van der Waals surface area (Å²) in [6.07, 6.45) is 4.35. The van der Waals surface area contributed by atoms with Gasteiger partial charge in [-0.1, -0.05) is 6.07 Å². The second-order valence-corrected chi connectivity index (χ2v) is 6.00. The molecule has 1 saturated heterocycles. The first-order valence-corrected chi connectivity index (χ1v) is 8.41. The Kier molecular flexibility index (Phi) is 5.38. The van der Waals surface area contributed by atoms with Crippen LogP contribution in [0.15, 0.2) is 36.5 Å². The van der Waals surface area contributed by atoms with E-state index in [4.69, 9.17) is 9.47 Å². The van der Waals surface area contributed by atoms with Gasteiger partial charge in [-0.2, -0.15) is 0 Å². The van der Waals surface area contributed by atoms with Crippen molar-refractivity contribution in [1.82, 2.24) is 4.98 Å². The standard InChI is InChI=1S/C19H23N3O3/c1-24-16-7-5-14(17(12-16)25-2)11-19(23)21-15-6-8-18(20-13-15)22-9-3-4-10-22/h5-8,12-13H,3-4,9-11H2,1-2H3,(H,21,23). The highest BCUT2D eigenvalue weighted by Crippen LogP contribution is 2.25. The normalized spacial score (nSPS) is 13.6. The highest BCUT2D eigenvalue weighted by molar-refractivity contribution is 5.92. The monoisotopic (exact) mass is 341 g/mol. The van der Waals surface area contributed by atoms with Gasteiger partial charge in [0.2, 0.25) is 5.91 Å². The molecule has 1 fully saturated rings. The molecule has 0 atom stereocenters. The van der Waals surface area contributed by atoms with E-state index in [9.17, 15) is 4.79 Å². The molecular weight excluding hydrogens is 318 g/mol. The van der Waals surface area contributed by atoms with E-state index in [1.54, 1.807) is 26.5 Å². The predicted molar refractivity (Wildman–Crippen MR) is 97.6 cm³/mol. The van der Waals surface area contributed by atoms with Crippen molar-refractivity contribution in [2.45, 2.75) is 19.3 Å². The van der Waals surface area contributed by atoms with Crippen LogP contribution in [-0.2, 0) is 11.2 Å². The molecule has 0 saturated carbocycles. The third kappa shape index (κ3) is 4.21. The molecule has 1 N–H and O–H groups in total. The van der Waals surface area contributed by atoms with Gasteiger partial charge in [-0.15, -0.1) is 0 Å². The fourth-order valence-electron chi connectivity index (χ4n) is 2.97. The minimum atomic E-state index is -0.112. The smallest absolute Gasteiger partial charge is 0.228 e. The van der Waals surface area contributed by atoms with Crippen LogP contribution in [0.2, 0.25) is 0 Å². The van der Waals surface area contributed by atoms with Gasteiger partial charge >= 0.3 is 0 Å². The molecule has 1 aliphatic heterocycles. The lowest BCUT2D eigenvalue weighted by Crippen LogP contribution is -2.19. The van der Waals surface area contributed by atoms with Crippen molar-refractivity contribution in [3.63, 3.8) is 0 Å². The highest BCUT2D eigenvalue weighted by Gasteiger charge is 2.14. The third-order valence-electron chi connectivity index (χ3n) is 4.31. The van der Waals surface area contributed by atoms with E-state index >= 15 is 0 Å². The molecule has 2 aromatic rings. The van der Waals surface area contributed by atoms with Crippen LogP contribution in [0.25, 0.3) is 0 Å². The number of amides is 1. The van der Waals surface area contributed by atoms with Crippen molar-refractivity contribution in [1.29, 1.82) is 0 Å². The molecular formula is C19H23N3O3. The first kappa shape index (κ1) is 17.1. The summed E-state index contributed by atoms with van der Waals surface area (Å²) in [6.45, 7) is 2.10. The fourth-order valence-corrected chi connectivity index (χ4v) is 2.97. The van der Waals surface area contributed by atoms with Crippen LogP contribution in [0.4, 0.5) is 11.5 Å². The zero-order valence-corrected chi connectivity index (χ0v) is 14.6. The number of methoxy groups -OCH3 is 2. The van der Waals surface area contributed by atoms with Crippen LogP contribution in [0.1, 0.15) is 18.4 Å². The summed E-state index contributed by atoms with van der Waals surface area (Å²) < 4.78 is 10.5. The fraction of sp³-hybridized carbons (Fsp3) is 0.368.